The maximum absolute atomic E-state index is 14.3. The first-order chi connectivity index (χ1) is 27.1. The van der Waals surface area contributed by atoms with Gasteiger partial charge in [-0.05, 0) is 60.9 Å². The highest BCUT2D eigenvalue weighted by Gasteiger charge is 2.58. The van der Waals surface area contributed by atoms with E-state index in [1.165, 1.54) is 49.1 Å². The van der Waals surface area contributed by atoms with Gasteiger partial charge in [0, 0.05) is 45.2 Å². The minimum absolute atomic E-state index is 0.0250. The van der Waals surface area contributed by atoms with Gasteiger partial charge in [-0.3, -0.25) is 24.2 Å². The Morgan fingerprint density at radius 2 is 1.52 bits per heavy atom. The van der Waals surface area contributed by atoms with Crippen LogP contribution in [0.3, 0.4) is 0 Å². The molecule has 4 aliphatic rings. The van der Waals surface area contributed by atoms with Crippen LogP contribution in [-0.2, 0) is 38.3 Å². The molecule has 3 aromatic carbocycles. The first kappa shape index (κ1) is 39.3. The van der Waals surface area contributed by atoms with Crippen molar-refractivity contribution in [3.8, 4) is 0 Å². The van der Waals surface area contributed by atoms with Gasteiger partial charge >= 0.3 is 12.3 Å². The van der Waals surface area contributed by atoms with Crippen LogP contribution in [0.25, 0.3) is 0 Å². The summed E-state index contributed by atoms with van der Waals surface area (Å²) in [6, 6.07) is 22.6. The molecule has 3 heterocycles. The number of carbonyl (C=O) groups is 4. The Morgan fingerprint density at radius 1 is 0.839 bits per heavy atom. The highest BCUT2D eigenvalue weighted by Crippen LogP contribution is 2.42. The van der Waals surface area contributed by atoms with E-state index in [1.54, 1.807) is 4.90 Å². The molecule has 4 fully saturated rings. The van der Waals surface area contributed by atoms with Gasteiger partial charge in [0.15, 0.2) is 0 Å². The summed E-state index contributed by atoms with van der Waals surface area (Å²) in [5.74, 6) is -1.72. The Hall–Kier alpha value is -4.91. The van der Waals surface area contributed by atoms with Crippen LogP contribution in [0.15, 0.2) is 84.9 Å². The van der Waals surface area contributed by atoms with E-state index in [9.17, 15) is 32.3 Å². The van der Waals surface area contributed by atoms with E-state index in [-0.39, 0.29) is 43.4 Å². The number of likely N-dealkylation sites (tertiary alicyclic amines) is 1. The van der Waals surface area contributed by atoms with Crippen LogP contribution in [0, 0.1) is 5.92 Å². The van der Waals surface area contributed by atoms with E-state index < -0.39 is 47.9 Å². The number of aryl methyl sites for hydroxylation is 1. The van der Waals surface area contributed by atoms with E-state index in [2.05, 4.69) is 10.2 Å². The number of carbonyl (C=O) groups excluding carboxylic acids is 4. The third-order valence-electron chi connectivity index (χ3n) is 11.9. The molecule has 0 bridgehead atoms. The van der Waals surface area contributed by atoms with E-state index in [0.717, 1.165) is 36.3 Å². The van der Waals surface area contributed by atoms with Gasteiger partial charge in [0.1, 0.15) is 18.8 Å². The molecule has 0 spiro atoms. The van der Waals surface area contributed by atoms with Gasteiger partial charge in [0.25, 0.3) is 0 Å². The van der Waals surface area contributed by atoms with Gasteiger partial charge in [0.05, 0.1) is 17.5 Å². The van der Waals surface area contributed by atoms with Gasteiger partial charge in [-0.25, -0.2) is 4.79 Å². The number of alkyl halides is 3. The molecule has 4 atom stereocenters. The van der Waals surface area contributed by atoms with Crippen LogP contribution in [-0.4, -0.2) is 94.4 Å². The molecule has 13 heteroatoms. The second-order valence-corrected chi connectivity index (χ2v) is 15.4. The zero-order valence-corrected chi connectivity index (χ0v) is 31.5. The molecule has 4 amide bonds. The van der Waals surface area contributed by atoms with Crippen LogP contribution < -0.4 is 5.32 Å². The lowest BCUT2D eigenvalue weighted by molar-refractivity contribution is -0.178. The van der Waals surface area contributed by atoms with Crippen molar-refractivity contribution in [3.63, 3.8) is 0 Å². The molecular formula is C43H50F3N5O5. The summed E-state index contributed by atoms with van der Waals surface area (Å²) in [5, 5.41) is 2.76. The molecule has 56 heavy (non-hydrogen) atoms. The molecule has 10 nitrogen and oxygen atoms in total. The zero-order chi connectivity index (χ0) is 39.2. The first-order valence-corrected chi connectivity index (χ1v) is 19.9. The Morgan fingerprint density at radius 3 is 2.21 bits per heavy atom. The lowest BCUT2D eigenvalue weighted by atomic mass is 9.83. The number of hydrogen-bond donors (Lipinski definition) is 1. The monoisotopic (exact) mass is 773 g/mol. The summed E-state index contributed by atoms with van der Waals surface area (Å²) in [4.78, 5) is 63.2. The van der Waals surface area contributed by atoms with Gasteiger partial charge < -0.3 is 19.9 Å². The second-order valence-electron chi connectivity index (χ2n) is 15.4. The molecule has 3 aliphatic heterocycles. The van der Waals surface area contributed by atoms with Crippen molar-refractivity contribution < 1.29 is 37.1 Å². The van der Waals surface area contributed by atoms with Crippen molar-refractivity contribution >= 4 is 23.8 Å². The lowest BCUT2D eigenvalue weighted by Crippen LogP contribution is -2.72. The number of piperazine rings is 1. The Bertz CT molecular complexity index is 1830. The molecule has 0 radical (unpaired) electrons. The molecule has 298 valence electrons. The summed E-state index contributed by atoms with van der Waals surface area (Å²) in [6.07, 6.45) is 0.960. The average molecular weight is 774 g/mol. The molecule has 3 aromatic rings. The molecule has 0 unspecified atom stereocenters. The minimum Gasteiger partial charge on any atom is -0.447 e. The number of amides is 4. The van der Waals surface area contributed by atoms with Crippen molar-refractivity contribution in [3.05, 3.63) is 107 Å². The molecule has 1 saturated carbocycles. The molecular weight excluding hydrogens is 723 g/mol. The van der Waals surface area contributed by atoms with Crippen LogP contribution in [0.2, 0.25) is 0 Å². The summed E-state index contributed by atoms with van der Waals surface area (Å²) < 4.78 is 46.1. The lowest BCUT2D eigenvalue weighted by Gasteiger charge is -2.54. The maximum atomic E-state index is 14.3. The highest BCUT2D eigenvalue weighted by atomic mass is 19.4. The summed E-state index contributed by atoms with van der Waals surface area (Å²) in [5.41, 5.74) is 1.23. The summed E-state index contributed by atoms with van der Waals surface area (Å²) >= 11 is 0. The second kappa shape index (κ2) is 17.5. The van der Waals surface area contributed by atoms with Crippen molar-refractivity contribution in [1.82, 2.24) is 24.9 Å². The number of rotatable bonds is 13. The highest BCUT2D eigenvalue weighted by molar-refractivity contribution is 5.94. The van der Waals surface area contributed by atoms with Crippen molar-refractivity contribution in [2.24, 2.45) is 5.92 Å². The predicted octanol–water partition coefficient (Wildman–Crippen LogP) is 6.56. The van der Waals surface area contributed by atoms with Gasteiger partial charge in [-0.15, -0.1) is 0 Å². The van der Waals surface area contributed by atoms with Crippen LogP contribution in [0.4, 0.5) is 18.0 Å². The normalized spacial score (nSPS) is 22.8. The topological polar surface area (TPSA) is 103 Å². The first-order valence-electron chi connectivity index (χ1n) is 19.9. The van der Waals surface area contributed by atoms with Gasteiger partial charge in [-0.1, -0.05) is 92.1 Å². The molecule has 0 aromatic heterocycles. The van der Waals surface area contributed by atoms with Crippen molar-refractivity contribution in [2.75, 3.05) is 32.8 Å². The number of cyclic esters (lactones) is 1. The van der Waals surface area contributed by atoms with Crippen molar-refractivity contribution in [1.29, 1.82) is 0 Å². The van der Waals surface area contributed by atoms with E-state index in [0.29, 0.717) is 32.0 Å². The third-order valence-corrected chi connectivity index (χ3v) is 11.9. The Labute approximate surface area is 325 Å². The van der Waals surface area contributed by atoms with Gasteiger partial charge in [0.2, 0.25) is 17.7 Å². The Balaban J connectivity index is 1.13. The number of ether oxygens (including phenoxy) is 1. The summed E-state index contributed by atoms with van der Waals surface area (Å²) in [7, 11) is 0. The smallest absolute Gasteiger partial charge is 0.416 e. The van der Waals surface area contributed by atoms with Crippen LogP contribution in [0.1, 0.15) is 79.7 Å². The fraction of sp³-hybridized carbons (Fsp3) is 0.488. The van der Waals surface area contributed by atoms with E-state index in [4.69, 9.17) is 4.74 Å². The molecule has 1 aliphatic carbocycles. The summed E-state index contributed by atoms with van der Waals surface area (Å²) in [6.45, 7) is 2.55. The molecule has 7 rings (SSSR count). The van der Waals surface area contributed by atoms with Crippen LogP contribution in [0.5, 0.6) is 0 Å². The zero-order valence-electron chi connectivity index (χ0n) is 31.5. The third kappa shape index (κ3) is 8.88. The van der Waals surface area contributed by atoms with E-state index >= 15 is 0 Å². The fourth-order valence-electron chi connectivity index (χ4n) is 8.89. The SMILES string of the molecule is O=C(NCc1cccc(C(F)(F)F)c1)[C@H](CCC(=O)N1CCN(C2CCCCC2)CC1)N1C(=O)[C@@H](CCc2ccccc2)[C@H]1N1C(=O)OC[C@@H]1c1ccccc1. The number of hydrogen-bond acceptors (Lipinski definition) is 6. The largest absolute Gasteiger partial charge is 0.447 e. The number of β-lactam (4-membered cyclic amide) rings is 1. The molecule has 3 saturated heterocycles. The average Bonchev–Trinajstić information content (AvgIpc) is 3.60. The molecule has 1 N–H and O–H groups in total. The maximum Gasteiger partial charge on any atom is 0.416 e. The predicted molar refractivity (Wildman–Crippen MR) is 203 cm³/mol. The minimum atomic E-state index is -4.56. The number of benzene rings is 3. The standard InChI is InChI=1S/C43H50F3N5O5/c44-43(45,46)33-16-10-13-31(27-33)28-47-39(53)36(21-22-38(52)49-25-23-48(24-26-49)34-17-8-3-9-18-34)50-40(35(41(50)54)20-19-30-11-4-1-5-12-30)51-37(29-56-42(51)55)32-14-6-2-7-15-32/h1-2,4-7,10-16,27,34-37,40H,3,8-9,17-26,28-29H2,(H,47,53)/t35-,36-,37+,40+/m0/s1. The quantitative estimate of drug-likeness (QED) is 0.198. The van der Waals surface area contributed by atoms with E-state index in [1.807, 2.05) is 65.6 Å². The van der Waals surface area contributed by atoms with Gasteiger partial charge in [-0.2, -0.15) is 13.2 Å². The number of nitrogens with one attached hydrogen (secondary N) is 1. The Kier molecular flexibility index (Phi) is 12.3. The fourth-order valence-corrected chi connectivity index (χ4v) is 8.89. The van der Waals surface area contributed by atoms with Crippen molar-refractivity contribution in [2.45, 2.75) is 94.8 Å². The van der Waals surface area contributed by atoms with Crippen LogP contribution >= 0.6 is 0 Å². The number of nitrogens with zero attached hydrogens (tertiary/aromatic N) is 4. The number of halogens is 3.